The van der Waals surface area contributed by atoms with E-state index in [9.17, 15) is 0 Å². The highest BCUT2D eigenvalue weighted by Crippen LogP contribution is 2.17. The zero-order valence-electron chi connectivity index (χ0n) is 4.89. The minimum absolute atomic E-state index is 0.309. The zero-order chi connectivity index (χ0) is 6.04. The van der Waals surface area contributed by atoms with Gasteiger partial charge in [0, 0.05) is 13.5 Å². The van der Waals surface area contributed by atoms with Gasteiger partial charge in [0.25, 0.3) is 0 Å². The summed E-state index contributed by atoms with van der Waals surface area (Å²) in [7, 11) is 1.48. The molecular formula is C5H10O3. The van der Waals surface area contributed by atoms with Crippen molar-refractivity contribution in [1.82, 2.24) is 0 Å². The Balaban J connectivity index is 2.40. The van der Waals surface area contributed by atoms with E-state index in [1.54, 1.807) is 0 Å². The molecular weight excluding hydrogens is 108 g/mol. The van der Waals surface area contributed by atoms with Crippen molar-refractivity contribution in [2.75, 3.05) is 20.3 Å². The molecule has 1 aliphatic heterocycles. The minimum Gasteiger partial charge on any atom is -0.376 e. The Morgan fingerprint density at radius 1 is 1.75 bits per heavy atom. The molecule has 0 aromatic rings. The second-order valence-electron chi connectivity index (χ2n) is 1.95. The first-order valence-corrected chi connectivity index (χ1v) is 2.62. The van der Waals surface area contributed by atoms with Crippen LogP contribution in [0.1, 0.15) is 6.42 Å². The smallest absolute Gasteiger partial charge is 0.191 e. The molecule has 1 saturated heterocycles. The fraction of sp³-hybridized carbons (Fsp3) is 1.00. The summed E-state index contributed by atoms with van der Waals surface area (Å²) >= 11 is 0. The monoisotopic (exact) mass is 118 g/mol. The third-order valence-electron chi connectivity index (χ3n) is 1.34. The van der Waals surface area contributed by atoms with Crippen LogP contribution in [-0.4, -0.2) is 31.2 Å². The molecule has 8 heavy (non-hydrogen) atoms. The highest BCUT2D eigenvalue weighted by Gasteiger charge is 2.31. The van der Waals surface area contributed by atoms with Gasteiger partial charge in [-0.05, 0) is 0 Å². The first-order chi connectivity index (χ1) is 3.77. The predicted molar refractivity (Wildman–Crippen MR) is 27.4 cm³/mol. The molecule has 1 fully saturated rings. The van der Waals surface area contributed by atoms with E-state index in [1.165, 1.54) is 7.11 Å². The van der Waals surface area contributed by atoms with E-state index < -0.39 is 5.79 Å². The van der Waals surface area contributed by atoms with E-state index in [0.717, 1.165) is 0 Å². The molecule has 0 spiro atoms. The summed E-state index contributed by atoms with van der Waals surface area (Å²) in [5.41, 5.74) is 0. The van der Waals surface area contributed by atoms with Crippen LogP contribution in [0.3, 0.4) is 0 Å². The van der Waals surface area contributed by atoms with Gasteiger partial charge >= 0.3 is 0 Å². The summed E-state index contributed by atoms with van der Waals surface area (Å²) in [6, 6.07) is 0. The molecule has 3 heteroatoms. The molecule has 1 heterocycles. The van der Waals surface area contributed by atoms with Crippen LogP contribution in [0.4, 0.5) is 0 Å². The highest BCUT2D eigenvalue weighted by atomic mass is 16.7. The van der Waals surface area contributed by atoms with E-state index >= 15 is 0 Å². The molecule has 0 amide bonds. The van der Waals surface area contributed by atoms with Crippen molar-refractivity contribution in [2.45, 2.75) is 12.2 Å². The van der Waals surface area contributed by atoms with Crippen LogP contribution in [0.25, 0.3) is 0 Å². The third-order valence-corrected chi connectivity index (χ3v) is 1.34. The Hall–Kier alpha value is -0.120. The normalized spacial score (nSPS) is 38.2. The van der Waals surface area contributed by atoms with E-state index in [-0.39, 0.29) is 0 Å². The van der Waals surface area contributed by atoms with Crippen LogP contribution in [-0.2, 0) is 9.47 Å². The van der Waals surface area contributed by atoms with Crippen molar-refractivity contribution in [3.8, 4) is 0 Å². The Morgan fingerprint density at radius 2 is 2.50 bits per heavy atom. The zero-order valence-corrected chi connectivity index (χ0v) is 4.89. The Labute approximate surface area is 48.2 Å². The summed E-state index contributed by atoms with van der Waals surface area (Å²) in [6.07, 6.45) is 0.587. The minimum atomic E-state index is -0.986. The number of rotatable bonds is 1. The van der Waals surface area contributed by atoms with Gasteiger partial charge in [-0.15, -0.1) is 0 Å². The van der Waals surface area contributed by atoms with Gasteiger partial charge < -0.3 is 14.6 Å². The number of methoxy groups -OCH3 is 1. The van der Waals surface area contributed by atoms with E-state index in [1.807, 2.05) is 0 Å². The standard InChI is InChI=1S/C5H10O3/c1-7-5(6)2-3-8-4-5/h6H,2-4H2,1H3. The molecule has 0 saturated carbocycles. The molecule has 1 aliphatic rings. The van der Waals surface area contributed by atoms with Crippen molar-refractivity contribution in [2.24, 2.45) is 0 Å². The van der Waals surface area contributed by atoms with Crippen LogP contribution >= 0.6 is 0 Å². The van der Waals surface area contributed by atoms with E-state index in [4.69, 9.17) is 14.6 Å². The average molecular weight is 118 g/mol. The quantitative estimate of drug-likeness (QED) is 0.482. The molecule has 1 rings (SSSR count). The van der Waals surface area contributed by atoms with Crippen LogP contribution < -0.4 is 0 Å². The maximum atomic E-state index is 9.15. The number of hydrogen-bond donors (Lipinski definition) is 1. The number of aliphatic hydroxyl groups is 1. The van der Waals surface area contributed by atoms with Crippen LogP contribution in [0.5, 0.6) is 0 Å². The maximum Gasteiger partial charge on any atom is 0.191 e. The molecule has 0 aromatic heterocycles. The SMILES string of the molecule is COC1(O)CCOC1. The van der Waals surface area contributed by atoms with Gasteiger partial charge in [-0.3, -0.25) is 0 Å². The maximum absolute atomic E-state index is 9.15. The Bertz CT molecular complexity index is 75.7. The first kappa shape index (κ1) is 6.01. The lowest BCUT2D eigenvalue weighted by molar-refractivity contribution is -0.181. The van der Waals surface area contributed by atoms with Gasteiger partial charge in [-0.1, -0.05) is 0 Å². The predicted octanol–water partition coefficient (Wildman–Crippen LogP) is -0.258. The summed E-state index contributed by atoms with van der Waals surface area (Å²) in [4.78, 5) is 0. The van der Waals surface area contributed by atoms with Crippen LogP contribution in [0.2, 0.25) is 0 Å². The van der Waals surface area contributed by atoms with Crippen molar-refractivity contribution in [1.29, 1.82) is 0 Å². The molecule has 0 radical (unpaired) electrons. The molecule has 0 aliphatic carbocycles. The van der Waals surface area contributed by atoms with Gasteiger partial charge in [-0.25, -0.2) is 0 Å². The van der Waals surface area contributed by atoms with Gasteiger partial charge in [0.1, 0.15) is 6.61 Å². The van der Waals surface area contributed by atoms with Gasteiger partial charge in [0.05, 0.1) is 6.61 Å². The fourth-order valence-electron chi connectivity index (χ4n) is 0.696. The Morgan fingerprint density at radius 3 is 2.75 bits per heavy atom. The lowest BCUT2D eigenvalue weighted by Gasteiger charge is -2.16. The van der Waals surface area contributed by atoms with E-state index in [0.29, 0.717) is 19.6 Å². The molecule has 1 unspecified atom stereocenters. The average Bonchev–Trinajstić information content (AvgIpc) is 2.17. The number of hydrogen-bond acceptors (Lipinski definition) is 3. The summed E-state index contributed by atoms with van der Waals surface area (Å²) in [6.45, 7) is 0.911. The summed E-state index contributed by atoms with van der Waals surface area (Å²) in [5, 5.41) is 9.15. The van der Waals surface area contributed by atoms with Crippen molar-refractivity contribution in [3.63, 3.8) is 0 Å². The van der Waals surface area contributed by atoms with Gasteiger partial charge in [0.2, 0.25) is 0 Å². The fourth-order valence-corrected chi connectivity index (χ4v) is 0.696. The molecule has 0 bridgehead atoms. The molecule has 48 valence electrons. The Kier molecular flexibility index (Phi) is 1.51. The highest BCUT2D eigenvalue weighted by molar-refractivity contribution is 4.70. The van der Waals surface area contributed by atoms with Gasteiger partial charge in [-0.2, -0.15) is 0 Å². The molecule has 1 N–H and O–H groups in total. The number of ether oxygens (including phenoxy) is 2. The lowest BCUT2D eigenvalue weighted by Crippen LogP contribution is -2.30. The lowest BCUT2D eigenvalue weighted by atomic mass is 10.2. The topological polar surface area (TPSA) is 38.7 Å². The largest absolute Gasteiger partial charge is 0.376 e. The molecule has 1 atom stereocenters. The van der Waals surface area contributed by atoms with Crippen molar-refractivity contribution in [3.05, 3.63) is 0 Å². The van der Waals surface area contributed by atoms with Crippen LogP contribution in [0, 0.1) is 0 Å². The van der Waals surface area contributed by atoms with Crippen LogP contribution in [0.15, 0.2) is 0 Å². The van der Waals surface area contributed by atoms with Crippen molar-refractivity contribution < 1.29 is 14.6 Å². The first-order valence-electron chi connectivity index (χ1n) is 2.62. The molecule has 0 aromatic carbocycles. The van der Waals surface area contributed by atoms with Crippen molar-refractivity contribution >= 4 is 0 Å². The van der Waals surface area contributed by atoms with E-state index in [2.05, 4.69) is 0 Å². The second kappa shape index (κ2) is 2.01. The summed E-state index contributed by atoms with van der Waals surface area (Å²) in [5.74, 6) is -0.986. The second-order valence-corrected chi connectivity index (χ2v) is 1.95. The summed E-state index contributed by atoms with van der Waals surface area (Å²) < 4.78 is 9.61. The molecule has 3 nitrogen and oxygen atoms in total. The van der Waals surface area contributed by atoms with Gasteiger partial charge in [0.15, 0.2) is 5.79 Å². The third kappa shape index (κ3) is 0.992.